The van der Waals surface area contributed by atoms with Crippen LogP contribution in [0.2, 0.25) is 5.02 Å². The van der Waals surface area contributed by atoms with Crippen molar-refractivity contribution in [3.8, 4) is 11.5 Å². The Balaban J connectivity index is 1.65. The normalized spacial score (nSPS) is 12.2. The van der Waals surface area contributed by atoms with Gasteiger partial charge in [-0.3, -0.25) is 4.79 Å². The van der Waals surface area contributed by atoms with E-state index in [1.165, 1.54) is 0 Å². The summed E-state index contributed by atoms with van der Waals surface area (Å²) >= 11 is 5.96. The lowest BCUT2D eigenvalue weighted by Crippen LogP contribution is -2.22. The van der Waals surface area contributed by atoms with Gasteiger partial charge in [0.25, 0.3) is 0 Å². The Kier molecular flexibility index (Phi) is 5.35. The van der Waals surface area contributed by atoms with Gasteiger partial charge in [-0.1, -0.05) is 48.0 Å². The van der Waals surface area contributed by atoms with Crippen LogP contribution in [0.5, 0.6) is 11.5 Å². The number of urea groups is 1. The summed E-state index contributed by atoms with van der Waals surface area (Å²) in [5.41, 5.74) is 1.66. The van der Waals surface area contributed by atoms with Gasteiger partial charge in [0, 0.05) is 22.3 Å². The topological polar surface area (TPSA) is 76.7 Å². The lowest BCUT2D eigenvalue weighted by Gasteiger charge is -2.21. The number of carbonyl (C=O) groups excluding carboxylic acids is 2. The summed E-state index contributed by atoms with van der Waals surface area (Å²) in [5.74, 6) is 0.705. The molecule has 2 amide bonds. The molecule has 0 saturated heterocycles. The number of ether oxygens (including phenoxy) is 2. The lowest BCUT2D eigenvalue weighted by molar-refractivity contribution is 0.103. The zero-order chi connectivity index (χ0) is 20.2. The molecular formula is C22H17ClN2O4. The van der Waals surface area contributed by atoms with Crippen LogP contribution in [0.15, 0.2) is 66.7 Å². The van der Waals surface area contributed by atoms with E-state index in [4.69, 9.17) is 21.1 Å². The van der Waals surface area contributed by atoms with Crippen LogP contribution in [0.4, 0.5) is 16.2 Å². The second kappa shape index (κ2) is 8.24. The first-order valence-electron chi connectivity index (χ1n) is 8.97. The summed E-state index contributed by atoms with van der Waals surface area (Å²) in [5, 5.41) is 5.93. The van der Waals surface area contributed by atoms with Crippen molar-refractivity contribution >= 4 is 34.8 Å². The molecule has 0 fully saturated rings. The largest absolute Gasteiger partial charge is 0.486 e. The Hall–Kier alpha value is -3.51. The van der Waals surface area contributed by atoms with Gasteiger partial charge in [-0.25, -0.2) is 4.79 Å². The minimum absolute atomic E-state index is 0.236. The number of nitrogens with one attached hydrogen (secondary N) is 2. The van der Waals surface area contributed by atoms with Gasteiger partial charge in [0.1, 0.15) is 13.2 Å². The quantitative estimate of drug-likeness (QED) is 0.596. The summed E-state index contributed by atoms with van der Waals surface area (Å²) in [6, 6.07) is 18.3. The molecule has 3 aromatic rings. The molecule has 0 spiro atoms. The Bertz CT molecular complexity index is 1070. The van der Waals surface area contributed by atoms with E-state index in [1.807, 2.05) is 6.07 Å². The third-order valence-corrected chi connectivity index (χ3v) is 4.53. The van der Waals surface area contributed by atoms with Crippen molar-refractivity contribution in [3.05, 3.63) is 82.9 Å². The molecule has 4 rings (SSSR count). The number of carbonyl (C=O) groups is 2. The van der Waals surface area contributed by atoms with Crippen LogP contribution in [-0.4, -0.2) is 25.0 Å². The Labute approximate surface area is 172 Å². The molecule has 29 heavy (non-hydrogen) atoms. The first-order valence-corrected chi connectivity index (χ1v) is 9.35. The lowest BCUT2D eigenvalue weighted by atomic mass is 10.0. The van der Waals surface area contributed by atoms with Crippen LogP contribution in [-0.2, 0) is 0 Å². The highest BCUT2D eigenvalue weighted by molar-refractivity contribution is 6.31. The molecule has 1 heterocycles. The fraction of sp³-hybridized carbons (Fsp3) is 0.0909. The maximum absolute atomic E-state index is 13.1. The highest BCUT2D eigenvalue weighted by Crippen LogP contribution is 2.36. The van der Waals surface area contributed by atoms with Crippen molar-refractivity contribution in [2.75, 3.05) is 23.8 Å². The number of hydrogen-bond acceptors (Lipinski definition) is 4. The summed E-state index contributed by atoms with van der Waals surface area (Å²) in [6.07, 6.45) is 0. The minimum atomic E-state index is -0.508. The highest BCUT2D eigenvalue weighted by atomic mass is 35.5. The standard InChI is InChI=1S/C22H17ClN2O4/c23-15-7-4-8-16(11-15)24-22(27)25-18-13-20-19(28-9-10-29-20)12-17(18)21(26)14-5-2-1-3-6-14/h1-8,11-13H,9-10H2,(H2,24,25,27). The Morgan fingerprint density at radius 1 is 0.828 bits per heavy atom. The van der Waals surface area contributed by atoms with E-state index >= 15 is 0 Å². The van der Waals surface area contributed by atoms with Gasteiger partial charge in [-0.2, -0.15) is 0 Å². The predicted molar refractivity (Wildman–Crippen MR) is 111 cm³/mol. The number of benzene rings is 3. The van der Waals surface area contributed by atoms with E-state index in [1.54, 1.807) is 60.7 Å². The number of fused-ring (bicyclic) bond motifs is 1. The van der Waals surface area contributed by atoms with Crippen molar-refractivity contribution in [2.45, 2.75) is 0 Å². The number of hydrogen-bond donors (Lipinski definition) is 2. The zero-order valence-electron chi connectivity index (χ0n) is 15.3. The van der Waals surface area contributed by atoms with E-state index in [0.717, 1.165) is 0 Å². The van der Waals surface area contributed by atoms with Crippen molar-refractivity contribution in [3.63, 3.8) is 0 Å². The molecule has 0 bridgehead atoms. The number of rotatable bonds is 4. The average Bonchev–Trinajstić information content (AvgIpc) is 2.73. The number of anilines is 2. The Morgan fingerprint density at radius 3 is 2.28 bits per heavy atom. The number of halogens is 1. The SMILES string of the molecule is O=C(Nc1cccc(Cl)c1)Nc1cc2c(cc1C(=O)c1ccccc1)OCCO2. The minimum Gasteiger partial charge on any atom is -0.486 e. The van der Waals surface area contributed by atoms with E-state index in [0.29, 0.717) is 52.2 Å². The molecule has 1 aliphatic rings. The molecule has 0 aliphatic carbocycles. The van der Waals surface area contributed by atoms with Gasteiger partial charge in [-0.15, -0.1) is 0 Å². The fourth-order valence-corrected chi connectivity index (χ4v) is 3.17. The molecule has 0 unspecified atom stereocenters. The van der Waals surface area contributed by atoms with Gasteiger partial charge < -0.3 is 20.1 Å². The molecule has 146 valence electrons. The highest BCUT2D eigenvalue weighted by Gasteiger charge is 2.22. The van der Waals surface area contributed by atoms with E-state index in [9.17, 15) is 9.59 Å². The molecule has 2 N–H and O–H groups in total. The van der Waals surface area contributed by atoms with Crippen LogP contribution < -0.4 is 20.1 Å². The molecule has 1 aliphatic heterocycles. The van der Waals surface area contributed by atoms with Gasteiger partial charge >= 0.3 is 6.03 Å². The number of ketones is 1. The van der Waals surface area contributed by atoms with E-state index in [-0.39, 0.29) is 5.78 Å². The molecule has 0 atom stereocenters. The molecular weight excluding hydrogens is 392 g/mol. The Morgan fingerprint density at radius 2 is 1.55 bits per heavy atom. The number of amides is 2. The summed E-state index contributed by atoms with van der Waals surface area (Å²) < 4.78 is 11.2. The second-order valence-corrected chi connectivity index (χ2v) is 6.76. The van der Waals surface area contributed by atoms with Gasteiger partial charge in [0.05, 0.1) is 11.3 Å². The molecule has 0 saturated carbocycles. The molecule has 6 nitrogen and oxygen atoms in total. The van der Waals surface area contributed by atoms with Crippen LogP contribution in [0.3, 0.4) is 0 Å². The molecule has 0 radical (unpaired) electrons. The second-order valence-electron chi connectivity index (χ2n) is 6.33. The van der Waals surface area contributed by atoms with Crippen molar-refractivity contribution in [1.82, 2.24) is 0 Å². The third-order valence-electron chi connectivity index (χ3n) is 4.29. The van der Waals surface area contributed by atoms with Crippen LogP contribution in [0, 0.1) is 0 Å². The van der Waals surface area contributed by atoms with Crippen molar-refractivity contribution < 1.29 is 19.1 Å². The zero-order valence-corrected chi connectivity index (χ0v) is 16.0. The van der Waals surface area contributed by atoms with Gasteiger partial charge in [0.15, 0.2) is 17.3 Å². The summed E-state index contributed by atoms with van der Waals surface area (Å²) in [6.45, 7) is 0.793. The molecule has 0 aromatic heterocycles. The van der Waals surface area contributed by atoms with Crippen LogP contribution >= 0.6 is 11.6 Å². The maximum atomic E-state index is 13.1. The monoisotopic (exact) mass is 408 g/mol. The van der Waals surface area contributed by atoms with Gasteiger partial charge in [-0.05, 0) is 24.3 Å². The maximum Gasteiger partial charge on any atom is 0.323 e. The van der Waals surface area contributed by atoms with E-state index in [2.05, 4.69) is 10.6 Å². The van der Waals surface area contributed by atoms with Crippen LogP contribution in [0.1, 0.15) is 15.9 Å². The van der Waals surface area contributed by atoms with Crippen molar-refractivity contribution in [2.24, 2.45) is 0 Å². The summed E-state index contributed by atoms with van der Waals surface area (Å²) in [4.78, 5) is 25.6. The molecule has 3 aromatic carbocycles. The third kappa shape index (κ3) is 4.33. The predicted octanol–water partition coefficient (Wildman–Crippen LogP) is 4.99. The summed E-state index contributed by atoms with van der Waals surface area (Å²) in [7, 11) is 0. The smallest absolute Gasteiger partial charge is 0.323 e. The molecule has 7 heteroatoms. The van der Waals surface area contributed by atoms with Gasteiger partial charge in [0.2, 0.25) is 0 Å². The van der Waals surface area contributed by atoms with Crippen molar-refractivity contribution in [1.29, 1.82) is 0 Å². The first-order chi connectivity index (χ1) is 14.1. The first kappa shape index (κ1) is 18.8. The average molecular weight is 409 g/mol. The fourth-order valence-electron chi connectivity index (χ4n) is 2.98. The van der Waals surface area contributed by atoms with Crippen LogP contribution in [0.25, 0.3) is 0 Å². The van der Waals surface area contributed by atoms with E-state index < -0.39 is 6.03 Å².